The Balaban J connectivity index is 1.71. The van der Waals surface area contributed by atoms with Crippen molar-refractivity contribution in [2.45, 2.75) is 58.9 Å². The molecule has 1 aliphatic heterocycles. The molecule has 2 fully saturated rings. The minimum absolute atomic E-state index is 0.125. The van der Waals surface area contributed by atoms with Crippen LogP contribution in [0.25, 0.3) is 0 Å². The average molecular weight is 296 g/mol. The third kappa shape index (κ3) is 5.26. The predicted molar refractivity (Wildman–Crippen MR) is 85.1 cm³/mol. The van der Waals surface area contributed by atoms with Crippen molar-refractivity contribution in [3.8, 4) is 0 Å². The van der Waals surface area contributed by atoms with Crippen LogP contribution in [0.5, 0.6) is 0 Å². The van der Waals surface area contributed by atoms with Crippen molar-refractivity contribution in [1.29, 1.82) is 0 Å². The molecule has 0 radical (unpaired) electrons. The first kappa shape index (κ1) is 16.8. The van der Waals surface area contributed by atoms with Gasteiger partial charge in [-0.05, 0) is 30.6 Å². The van der Waals surface area contributed by atoms with Crippen LogP contribution in [0.4, 0.5) is 0 Å². The van der Waals surface area contributed by atoms with Crippen LogP contribution < -0.4 is 10.6 Å². The molecule has 0 spiro atoms. The van der Waals surface area contributed by atoms with Gasteiger partial charge in [0.05, 0.1) is 13.2 Å². The van der Waals surface area contributed by atoms with E-state index in [9.17, 15) is 4.79 Å². The summed E-state index contributed by atoms with van der Waals surface area (Å²) in [5.41, 5.74) is 0.315. The number of carbonyl (C=O) groups is 1. The zero-order valence-corrected chi connectivity index (χ0v) is 13.9. The van der Waals surface area contributed by atoms with Crippen LogP contribution >= 0.6 is 0 Å². The maximum Gasteiger partial charge on any atom is 0.233 e. The summed E-state index contributed by atoms with van der Waals surface area (Å²) in [4.78, 5) is 12.0. The van der Waals surface area contributed by atoms with Gasteiger partial charge in [-0.25, -0.2) is 0 Å². The Morgan fingerprint density at radius 3 is 2.62 bits per heavy atom. The molecule has 2 aliphatic rings. The summed E-state index contributed by atoms with van der Waals surface area (Å²) >= 11 is 0. The highest BCUT2D eigenvalue weighted by molar-refractivity contribution is 5.78. The molecule has 0 aromatic rings. The van der Waals surface area contributed by atoms with Crippen LogP contribution in [-0.4, -0.2) is 38.3 Å². The monoisotopic (exact) mass is 296 g/mol. The molecule has 0 bridgehead atoms. The first-order valence-electron chi connectivity index (χ1n) is 8.54. The van der Waals surface area contributed by atoms with Crippen LogP contribution in [0.2, 0.25) is 0 Å². The lowest BCUT2D eigenvalue weighted by atomic mass is 9.69. The lowest BCUT2D eigenvalue weighted by Crippen LogP contribution is -2.48. The molecule has 1 saturated heterocycles. The van der Waals surface area contributed by atoms with Crippen molar-refractivity contribution in [2.75, 3.05) is 26.3 Å². The van der Waals surface area contributed by atoms with E-state index in [0.29, 0.717) is 29.8 Å². The number of hydrogen-bond acceptors (Lipinski definition) is 3. The quantitative estimate of drug-likeness (QED) is 0.818. The second kappa shape index (κ2) is 7.59. The molecule has 1 heterocycles. The zero-order chi connectivity index (χ0) is 15.3. The Labute approximate surface area is 129 Å². The summed E-state index contributed by atoms with van der Waals surface area (Å²) in [6.07, 6.45) is 6.16. The third-order valence-electron chi connectivity index (χ3n) is 5.02. The van der Waals surface area contributed by atoms with Gasteiger partial charge in [-0.3, -0.25) is 4.79 Å². The molecule has 3 atom stereocenters. The fraction of sp³-hybridized carbons (Fsp3) is 0.941. The SMILES string of the molecule is CC(C)(C)C1CCCCC1NCC(=O)NCC1CCOC1. The molecule has 0 aromatic heterocycles. The van der Waals surface area contributed by atoms with Gasteiger partial charge in [0.2, 0.25) is 5.91 Å². The molecular weight excluding hydrogens is 264 g/mol. The van der Waals surface area contributed by atoms with Crippen molar-refractivity contribution >= 4 is 5.91 Å². The van der Waals surface area contributed by atoms with Crippen molar-refractivity contribution in [3.63, 3.8) is 0 Å². The maximum atomic E-state index is 12.0. The average Bonchev–Trinajstić information content (AvgIpc) is 2.95. The van der Waals surface area contributed by atoms with Crippen molar-refractivity contribution in [3.05, 3.63) is 0 Å². The van der Waals surface area contributed by atoms with Gasteiger partial charge >= 0.3 is 0 Å². The molecular formula is C17H32N2O2. The molecule has 1 aliphatic carbocycles. The minimum Gasteiger partial charge on any atom is -0.381 e. The highest BCUT2D eigenvalue weighted by Gasteiger charge is 2.33. The van der Waals surface area contributed by atoms with Gasteiger partial charge in [0, 0.05) is 25.1 Å². The van der Waals surface area contributed by atoms with E-state index in [1.165, 1.54) is 25.7 Å². The van der Waals surface area contributed by atoms with Gasteiger partial charge in [-0.2, -0.15) is 0 Å². The first-order chi connectivity index (χ1) is 9.97. The maximum absolute atomic E-state index is 12.0. The smallest absolute Gasteiger partial charge is 0.233 e. The molecule has 21 heavy (non-hydrogen) atoms. The Morgan fingerprint density at radius 2 is 1.95 bits per heavy atom. The minimum atomic E-state index is 0.125. The molecule has 2 rings (SSSR count). The largest absolute Gasteiger partial charge is 0.381 e. The first-order valence-corrected chi connectivity index (χ1v) is 8.54. The lowest BCUT2D eigenvalue weighted by Gasteiger charge is -2.41. The molecule has 4 nitrogen and oxygen atoms in total. The second-order valence-corrected chi connectivity index (χ2v) is 7.78. The summed E-state index contributed by atoms with van der Waals surface area (Å²) in [6.45, 7) is 9.79. The Morgan fingerprint density at radius 1 is 1.19 bits per heavy atom. The van der Waals surface area contributed by atoms with Crippen LogP contribution in [0.15, 0.2) is 0 Å². The van der Waals surface area contributed by atoms with Crippen molar-refractivity contribution in [2.24, 2.45) is 17.3 Å². The number of rotatable bonds is 5. The highest BCUT2D eigenvalue weighted by Crippen LogP contribution is 2.37. The Kier molecular flexibility index (Phi) is 6.06. The summed E-state index contributed by atoms with van der Waals surface area (Å²) in [7, 11) is 0. The number of nitrogens with one attached hydrogen (secondary N) is 2. The predicted octanol–water partition coefficient (Wildman–Crippen LogP) is 2.33. The van der Waals surface area contributed by atoms with Gasteiger partial charge in [-0.1, -0.05) is 33.6 Å². The van der Waals surface area contributed by atoms with E-state index in [4.69, 9.17) is 4.74 Å². The lowest BCUT2D eigenvalue weighted by molar-refractivity contribution is -0.120. The van der Waals surface area contributed by atoms with Crippen molar-refractivity contribution < 1.29 is 9.53 Å². The van der Waals surface area contributed by atoms with Crippen molar-refractivity contribution in [1.82, 2.24) is 10.6 Å². The highest BCUT2D eigenvalue weighted by atomic mass is 16.5. The zero-order valence-electron chi connectivity index (χ0n) is 13.9. The third-order valence-corrected chi connectivity index (χ3v) is 5.02. The van der Waals surface area contributed by atoms with E-state index in [1.54, 1.807) is 0 Å². The summed E-state index contributed by atoms with van der Waals surface area (Å²) in [6, 6.07) is 0.485. The van der Waals surface area contributed by atoms with Gasteiger partial charge in [0.15, 0.2) is 0 Å². The van der Waals surface area contributed by atoms with Gasteiger partial charge < -0.3 is 15.4 Å². The molecule has 4 heteroatoms. The molecule has 0 aromatic carbocycles. The van der Waals surface area contributed by atoms with Gasteiger partial charge in [-0.15, -0.1) is 0 Å². The molecule has 122 valence electrons. The van der Waals surface area contributed by atoms with E-state index >= 15 is 0 Å². The van der Waals surface area contributed by atoms with Gasteiger partial charge in [0.25, 0.3) is 0 Å². The second-order valence-electron chi connectivity index (χ2n) is 7.78. The van der Waals surface area contributed by atoms with Crippen LogP contribution in [0.3, 0.4) is 0 Å². The van der Waals surface area contributed by atoms with E-state index in [2.05, 4.69) is 31.4 Å². The summed E-state index contributed by atoms with van der Waals surface area (Å²) in [5, 5.41) is 6.55. The number of amides is 1. The van der Waals surface area contributed by atoms with Crippen LogP contribution in [0, 0.1) is 17.3 Å². The van der Waals surface area contributed by atoms with Crippen LogP contribution in [0.1, 0.15) is 52.9 Å². The molecule has 2 N–H and O–H groups in total. The number of carbonyl (C=O) groups excluding carboxylic acids is 1. The Hall–Kier alpha value is -0.610. The topological polar surface area (TPSA) is 50.4 Å². The number of ether oxygens (including phenoxy) is 1. The fourth-order valence-electron chi connectivity index (χ4n) is 3.70. The number of hydrogen-bond donors (Lipinski definition) is 2. The van der Waals surface area contributed by atoms with E-state index < -0.39 is 0 Å². The molecule has 3 unspecified atom stereocenters. The van der Waals surface area contributed by atoms with Crippen LogP contribution in [-0.2, 0) is 9.53 Å². The van der Waals surface area contributed by atoms with E-state index in [-0.39, 0.29) is 5.91 Å². The van der Waals surface area contributed by atoms with E-state index in [1.807, 2.05) is 0 Å². The summed E-state index contributed by atoms with van der Waals surface area (Å²) in [5.74, 6) is 1.30. The normalized spacial score (nSPS) is 30.3. The molecule has 1 saturated carbocycles. The molecule has 1 amide bonds. The van der Waals surface area contributed by atoms with E-state index in [0.717, 1.165) is 26.2 Å². The van der Waals surface area contributed by atoms with Gasteiger partial charge in [0.1, 0.15) is 0 Å². The standard InChI is InChI=1S/C17H32N2O2/c1-17(2,3)14-6-4-5-7-15(14)18-11-16(20)19-10-13-8-9-21-12-13/h13-15,18H,4-12H2,1-3H3,(H,19,20). The summed E-state index contributed by atoms with van der Waals surface area (Å²) < 4.78 is 5.33. The fourth-order valence-corrected chi connectivity index (χ4v) is 3.70. The Bertz CT molecular complexity index is 332.